The minimum absolute atomic E-state index is 0.139. The summed E-state index contributed by atoms with van der Waals surface area (Å²) in [4.78, 5) is 25.7. The van der Waals surface area contributed by atoms with E-state index in [0.29, 0.717) is 17.5 Å². The van der Waals surface area contributed by atoms with Crippen LogP contribution in [0, 0.1) is 10.1 Å². The van der Waals surface area contributed by atoms with Gasteiger partial charge in [-0.05, 0) is 38.0 Å². The molecule has 1 unspecified atom stereocenters. The molecule has 12 heteroatoms. The number of furan rings is 1. The summed E-state index contributed by atoms with van der Waals surface area (Å²) in [6, 6.07) is 7.76. The van der Waals surface area contributed by atoms with Crippen molar-refractivity contribution >= 4 is 35.0 Å². The summed E-state index contributed by atoms with van der Waals surface area (Å²) in [6.07, 6.45) is 3.81. The van der Waals surface area contributed by atoms with Gasteiger partial charge in [-0.15, -0.1) is 10.2 Å². The highest BCUT2D eigenvalue weighted by Gasteiger charge is 2.25. The molecule has 2 aromatic heterocycles. The molecule has 0 bridgehead atoms. The number of aromatic nitrogens is 3. The number of nitrogens with zero attached hydrogens (tertiary/aromatic N) is 5. The van der Waals surface area contributed by atoms with Crippen LogP contribution in [0.3, 0.4) is 0 Å². The first-order valence-corrected chi connectivity index (χ1v) is 11.3. The number of non-ortho nitro benzene ring substituents is 1. The molecule has 0 saturated carbocycles. The normalized spacial score (nSPS) is 14.3. The van der Waals surface area contributed by atoms with Gasteiger partial charge in [0.15, 0.2) is 5.16 Å². The molecule has 174 valence electrons. The van der Waals surface area contributed by atoms with Gasteiger partial charge in [0.25, 0.3) is 5.69 Å². The van der Waals surface area contributed by atoms with Crippen molar-refractivity contribution in [2.75, 3.05) is 30.4 Å². The lowest BCUT2D eigenvalue weighted by Crippen LogP contribution is -2.24. The van der Waals surface area contributed by atoms with Crippen LogP contribution < -0.4 is 15.0 Å². The molecule has 1 aliphatic rings. The van der Waals surface area contributed by atoms with Gasteiger partial charge in [-0.2, -0.15) is 0 Å². The standard InChI is InChI=1S/C21H24N6O5S/c1-14(19(28)22-17-12-15(27(29)30)7-8-18(17)31-2)33-21-24-23-20(25-9-3-4-10-25)26(21)13-16-6-5-11-32-16/h5-8,11-12,14H,3-4,9-10,13H2,1-2H3,(H,22,28). The molecule has 0 radical (unpaired) electrons. The van der Waals surface area contributed by atoms with E-state index in [1.807, 2.05) is 16.7 Å². The van der Waals surface area contributed by atoms with Crippen LogP contribution in [0.15, 0.2) is 46.2 Å². The number of nitro groups is 1. The highest BCUT2D eigenvalue weighted by atomic mass is 32.2. The predicted octanol–water partition coefficient (Wildman–Crippen LogP) is 3.56. The zero-order valence-electron chi connectivity index (χ0n) is 18.3. The number of rotatable bonds is 9. The third-order valence-electron chi connectivity index (χ3n) is 5.28. The molecule has 11 nitrogen and oxygen atoms in total. The molecule has 1 N–H and O–H groups in total. The topological polar surface area (TPSA) is 129 Å². The molecular weight excluding hydrogens is 448 g/mol. The van der Waals surface area contributed by atoms with E-state index >= 15 is 0 Å². The SMILES string of the molecule is COc1ccc([N+](=O)[O-])cc1NC(=O)C(C)Sc1nnc(N2CCCC2)n1Cc1ccco1. The Morgan fingerprint density at radius 3 is 2.79 bits per heavy atom. The molecule has 0 spiro atoms. The van der Waals surface area contributed by atoms with Gasteiger partial charge < -0.3 is 19.4 Å². The highest BCUT2D eigenvalue weighted by molar-refractivity contribution is 8.00. The van der Waals surface area contributed by atoms with Crippen LogP contribution >= 0.6 is 11.8 Å². The zero-order chi connectivity index (χ0) is 23.4. The minimum Gasteiger partial charge on any atom is -0.495 e. The summed E-state index contributed by atoms with van der Waals surface area (Å²) in [7, 11) is 1.44. The van der Waals surface area contributed by atoms with Crippen molar-refractivity contribution in [3.8, 4) is 5.75 Å². The largest absolute Gasteiger partial charge is 0.495 e. The van der Waals surface area contributed by atoms with Crippen molar-refractivity contribution in [3.63, 3.8) is 0 Å². The number of amides is 1. The average Bonchev–Trinajstić information content (AvgIpc) is 3.57. The van der Waals surface area contributed by atoms with Gasteiger partial charge in [-0.25, -0.2) is 0 Å². The Bertz CT molecular complexity index is 1130. The Kier molecular flexibility index (Phi) is 6.82. The van der Waals surface area contributed by atoms with Crippen molar-refractivity contribution in [2.45, 2.75) is 36.7 Å². The fourth-order valence-corrected chi connectivity index (χ4v) is 4.41. The van der Waals surface area contributed by atoms with E-state index in [-0.39, 0.29) is 17.3 Å². The summed E-state index contributed by atoms with van der Waals surface area (Å²) in [5, 5.41) is 22.6. The second kappa shape index (κ2) is 9.94. The number of anilines is 2. The van der Waals surface area contributed by atoms with Crippen LogP contribution in [0.1, 0.15) is 25.5 Å². The van der Waals surface area contributed by atoms with E-state index in [2.05, 4.69) is 20.4 Å². The zero-order valence-corrected chi connectivity index (χ0v) is 19.1. The van der Waals surface area contributed by atoms with E-state index in [4.69, 9.17) is 9.15 Å². The van der Waals surface area contributed by atoms with Crippen molar-refractivity contribution in [1.29, 1.82) is 0 Å². The number of benzene rings is 1. The second-order valence-corrected chi connectivity index (χ2v) is 8.84. The lowest BCUT2D eigenvalue weighted by molar-refractivity contribution is -0.384. The maximum atomic E-state index is 12.9. The number of carbonyl (C=O) groups is 1. The molecule has 3 aromatic rings. The van der Waals surface area contributed by atoms with Gasteiger partial charge in [0.2, 0.25) is 11.9 Å². The summed E-state index contributed by atoms with van der Waals surface area (Å²) < 4.78 is 12.7. The third kappa shape index (κ3) is 5.11. The van der Waals surface area contributed by atoms with Gasteiger partial charge in [0, 0.05) is 25.2 Å². The fraction of sp³-hybridized carbons (Fsp3) is 0.381. The first-order chi connectivity index (χ1) is 16.0. The molecule has 1 amide bonds. The van der Waals surface area contributed by atoms with Crippen LogP contribution in [0.5, 0.6) is 5.75 Å². The van der Waals surface area contributed by atoms with Crippen LogP contribution in [0.25, 0.3) is 0 Å². The first kappa shape index (κ1) is 22.6. The Morgan fingerprint density at radius 2 is 2.12 bits per heavy atom. The number of nitro benzene ring substituents is 1. The van der Waals surface area contributed by atoms with Gasteiger partial charge in [-0.3, -0.25) is 19.5 Å². The fourth-order valence-electron chi connectivity index (χ4n) is 3.57. The summed E-state index contributed by atoms with van der Waals surface area (Å²) in [6.45, 7) is 4.00. The van der Waals surface area contributed by atoms with Gasteiger partial charge >= 0.3 is 0 Å². The molecular formula is C21H24N6O5S. The summed E-state index contributed by atoms with van der Waals surface area (Å²) >= 11 is 1.26. The molecule has 4 rings (SSSR count). The van der Waals surface area contributed by atoms with Gasteiger partial charge in [0.1, 0.15) is 11.5 Å². The Balaban J connectivity index is 1.53. The highest BCUT2D eigenvalue weighted by Crippen LogP contribution is 2.32. The molecule has 1 aromatic carbocycles. The maximum absolute atomic E-state index is 12.9. The van der Waals surface area contributed by atoms with E-state index in [0.717, 1.165) is 37.6 Å². The van der Waals surface area contributed by atoms with Crippen molar-refractivity contribution in [2.24, 2.45) is 0 Å². The van der Waals surface area contributed by atoms with E-state index in [9.17, 15) is 14.9 Å². The lowest BCUT2D eigenvalue weighted by atomic mass is 10.2. The van der Waals surface area contributed by atoms with E-state index < -0.39 is 10.2 Å². The third-order valence-corrected chi connectivity index (χ3v) is 6.36. The lowest BCUT2D eigenvalue weighted by Gasteiger charge is -2.18. The number of carbonyl (C=O) groups excluding carboxylic acids is 1. The Hall–Kier alpha value is -3.54. The summed E-state index contributed by atoms with van der Waals surface area (Å²) in [5.74, 6) is 1.51. The number of methoxy groups -OCH3 is 1. The smallest absolute Gasteiger partial charge is 0.271 e. The maximum Gasteiger partial charge on any atom is 0.271 e. The molecule has 1 atom stereocenters. The van der Waals surface area contributed by atoms with Gasteiger partial charge in [-0.1, -0.05) is 11.8 Å². The average molecular weight is 473 g/mol. The van der Waals surface area contributed by atoms with Crippen molar-refractivity contribution < 1.29 is 18.9 Å². The summed E-state index contributed by atoms with van der Waals surface area (Å²) in [5.41, 5.74) is 0.0961. The number of nitrogens with one attached hydrogen (secondary N) is 1. The molecule has 1 fully saturated rings. The second-order valence-electron chi connectivity index (χ2n) is 7.53. The Labute approximate surface area is 194 Å². The number of ether oxygens (including phenoxy) is 1. The minimum atomic E-state index is -0.556. The molecule has 1 aliphatic heterocycles. The number of hydrogen-bond donors (Lipinski definition) is 1. The number of hydrogen-bond acceptors (Lipinski definition) is 9. The van der Waals surface area contributed by atoms with Gasteiger partial charge in [0.05, 0.1) is 35.8 Å². The van der Waals surface area contributed by atoms with E-state index in [1.54, 1.807) is 13.2 Å². The first-order valence-electron chi connectivity index (χ1n) is 10.5. The van der Waals surface area contributed by atoms with Crippen LogP contribution in [-0.4, -0.2) is 51.0 Å². The van der Waals surface area contributed by atoms with Crippen LogP contribution in [-0.2, 0) is 11.3 Å². The molecule has 3 heterocycles. The van der Waals surface area contributed by atoms with Crippen LogP contribution in [0.2, 0.25) is 0 Å². The van der Waals surface area contributed by atoms with Crippen molar-refractivity contribution in [1.82, 2.24) is 14.8 Å². The van der Waals surface area contributed by atoms with Crippen molar-refractivity contribution in [3.05, 3.63) is 52.5 Å². The van der Waals surface area contributed by atoms with Crippen LogP contribution in [0.4, 0.5) is 17.3 Å². The molecule has 33 heavy (non-hydrogen) atoms. The quantitative estimate of drug-likeness (QED) is 0.282. The number of thioether (sulfide) groups is 1. The molecule has 0 aliphatic carbocycles. The predicted molar refractivity (Wildman–Crippen MR) is 123 cm³/mol. The Morgan fingerprint density at radius 1 is 1.33 bits per heavy atom. The van der Waals surface area contributed by atoms with E-state index in [1.165, 1.54) is 37.1 Å². The monoisotopic (exact) mass is 472 g/mol. The molecule has 1 saturated heterocycles.